The molecule has 0 saturated heterocycles. The molecule has 84 valence electrons. The topological polar surface area (TPSA) is 63.8 Å². The van der Waals surface area contributed by atoms with E-state index in [-0.39, 0.29) is 6.04 Å². The van der Waals surface area contributed by atoms with Crippen molar-refractivity contribution in [1.29, 1.82) is 0 Å². The third-order valence-electron chi connectivity index (χ3n) is 2.39. The molecule has 0 spiro atoms. The zero-order chi connectivity index (χ0) is 11.5. The summed E-state index contributed by atoms with van der Waals surface area (Å²) in [7, 11) is 0. The number of hydrogen-bond acceptors (Lipinski definition) is 5. The first-order valence-corrected chi connectivity index (χ1v) is 5.99. The van der Waals surface area contributed by atoms with Gasteiger partial charge in [-0.15, -0.1) is 0 Å². The van der Waals surface area contributed by atoms with E-state index in [1.165, 1.54) is 5.56 Å². The standard InChI is InChI=1S/C11H14N4S/c1-7-5-13-11(12)15-10(7)14-8(2)9-3-4-16-6-9/h3-6,8H,1-2H3,(H3,12,13,14,15). The Bertz CT molecular complexity index is 467. The summed E-state index contributed by atoms with van der Waals surface area (Å²) < 4.78 is 0. The number of nitrogens with zero attached hydrogens (tertiary/aromatic N) is 2. The molecule has 0 fully saturated rings. The van der Waals surface area contributed by atoms with Gasteiger partial charge in [0.15, 0.2) is 0 Å². The van der Waals surface area contributed by atoms with E-state index in [9.17, 15) is 0 Å². The molecular formula is C11H14N4S. The van der Waals surface area contributed by atoms with Crippen LogP contribution in [0.3, 0.4) is 0 Å². The molecule has 0 aromatic carbocycles. The summed E-state index contributed by atoms with van der Waals surface area (Å²) in [6, 6.07) is 2.32. The fraction of sp³-hybridized carbons (Fsp3) is 0.273. The minimum absolute atomic E-state index is 0.222. The highest BCUT2D eigenvalue weighted by Crippen LogP contribution is 2.21. The Morgan fingerprint density at radius 2 is 2.31 bits per heavy atom. The molecule has 2 rings (SSSR count). The van der Waals surface area contributed by atoms with E-state index >= 15 is 0 Å². The molecule has 16 heavy (non-hydrogen) atoms. The molecule has 2 heterocycles. The van der Waals surface area contributed by atoms with E-state index in [1.54, 1.807) is 17.5 Å². The lowest BCUT2D eigenvalue weighted by molar-refractivity contribution is 0.874. The van der Waals surface area contributed by atoms with Gasteiger partial charge in [-0.05, 0) is 36.2 Å². The number of nitrogens with one attached hydrogen (secondary N) is 1. The van der Waals surface area contributed by atoms with Crippen molar-refractivity contribution >= 4 is 23.1 Å². The van der Waals surface area contributed by atoms with Crippen LogP contribution in [0.1, 0.15) is 24.1 Å². The largest absolute Gasteiger partial charge is 0.368 e. The van der Waals surface area contributed by atoms with Gasteiger partial charge in [-0.3, -0.25) is 0 Å². The summed E-state index contributed by atoms with van der Waals surface area (Å²) >= 11 is 1.69. The fourth-order valence-corrected chi connectivity index (χ4v) is 2.17. The van der Waals surface area contributed by atoms with Crippen molar-refractivity contribution in [3.8, 4) is 0 Å². The third kappa shape index (κ3) is 2.30. The second-order valence-corrected chi connectivity index (χ2v) is 4.46. The maximum Gasteiger partial charge on any atom is 0.221 e. The van der Waals surface area contributed by atoms with Crippen molar-refractivity contribution in [3.05, 3.63) is 34.2 Å². The number of thiophene rings is 1. The summed E-state index contributed by atoms with van der Waals surface area (Å²) in [4.78, 5) is 8.12. The van der Waals surface area contributed by atoms with Gasteiger partial charge in [-0.25, -0.2) is 4.98 Å². The first kappa shape index (κ1) is 10.9. The van der Waals surface area contributed by atoms with Crippen LogP contribution in [-0.2, 0) is 0 Å². The van der Waals surface area contributed by atoms with E-state index < -0.39 is 0 Å². The predicted molar refractivity (Wildman–Crippen MR) is 67.5 cm³/mol. The van der Waals surface area contributed by atoms with E-state index in [1.807, 2.05) is 6.92 Å². The van der Waals surface area contributed by atoms with Crippen molar-refractivity contribution in [2.45, 2.75) is 19.9 Å². The zero-order valence-corrected chi connectivity index (χ0v) is 10.1. The molecule has 0 saturated carbocycles. The molecule has 0 amide bonds. The van der Waals surface area contributed by atoms with Crippen LogP contribution >= 0.6 is 11.3 Å². The molecule has 4 nitrogen and oxygen atoms in total. The molecule has 0 radical (unpaired) electrons. The summed E-state index contributed by atoms with van der Waals surface area (Å²) in [6.07, 6.45) is 1.73. The Hall–Kier alpha value is -1.62. The lowest BCUT2D eigenvalue weighted by atomic mass is 10.2. The van der Waals surface area contributed by atoms with Gasteiger partial charge in [0.2, 0.25) is 5.95 Å². The van der Waals surface area contributed by atoms with E-state index in [0.29, 0.717) is 5.95 Å². The van der Waals surface area contributed by atoms with Crippen molar-refractivity contribution in [3.63, 3.8) is 0 Å². The molecule has 2 aromatic heterocycles. The van der Waals surface area contributed by atoms with Crippen molar-refractivity contribution in [1.82, 2.24) is 9.97 Å². The number of nitrogen functional groups attached to an aromatic ring is 1. The van der Waals surface area contributed by atoms with Crippen LogP contribution in [0.15, 0.2) is 23.0 Å². The average Bonchev–Trinajstić information content (AvgIpc) is 2.76. The molecule has 0 bridgehead atoms. The molecule has 1 atom stereocenters. The van der Waals surface area contributed by atoms with Crippen LogP contribution in [0.5, 0.6) is 0 Å². The lowest BCUT2D eigenvalue weighted by Gasteiger charge is -2.14. The molecule has 0 aliphatic carbocycles. The maximum atomic E-state index is 5.56. The number of anilines is 2. The van der Waals surface area contributed by atoms with Gasteiger partial charge < -0.3 is 11.1 Å². The highest BCUT2D eigenvalue weighted by Gasteiger charge is 2.08. The Morgan fingerprint density at radius 3 is 3.00 bits per heavy atom. The second-order valence-electron chi connectivity index (χ2n) is 3.68. The SMILES string of the molecule is Cc1cnc(N)nc1NC(C)c1ccsc1. The number of aryl methyl sites for hydroxylation is 1. The quantitative estimate of drug-likeness (QED) is 0.856. The van der Waals surface area contributed by atoms with Crippen molar-refractivity contribution in [2.75, 3.05) is 11.1 Å². The van der Waals surface area contributed by atoms with E-state index in [0.717, 1.165) is 11.4 Å². The predicted octanol–water partition coefficient (Wildman–Crippen LogP) is 2.60. The van der Waals surface area contributed by atoms with Gasteiger partial charge in [0, 0.05) is 11.8 Å². The van der Waals surface area contributed by atoms with Gasteiger partial charge in [0.25, 0.3) is 0 Å². The van der Waals surface area contributed by atoms with Gasteiger partial charge in [-0.2, -0.15) is 16.3 Å². The maximum absolute atomic E-state index is 5.56. The summed E-state index contributed by atoms with van der Waals surface area (Å²) in [5, 5.41) is 7.52. The Balaban J connectivity index is 2.17. The van der Waals surface area contributed by atoms with Crippen LogP contribution in [0.4, 0.5) is 11.8 Å². The molecular weight excluding hydrogens is 220 g/mol. The van der Waals surface area contributed by atoms with Gasteiger partial charge in [0.1, 0.15) is 5.82 Å². The van der Waals surface area contributed by atoms with Gasteiger partial charge in [0.05, 0.1) is 6.04 Å². The molecule has 0 aliphatic rings. The minimum atomic E-state index is 0.222. The highest BCUT2D eigenvalue weighted by atomic mass is 32.1. The van der Waals surface area contributed by atoms with Gasteiger partial charge >= 0.3 is 0 Å². The second kappa shape index (κ2) is 4.49. The number of rotatable bonds is 3. The Kier molecular flexibility index (Phi) is 3.05. The summed E-state index contributed by atoms with van der Waals surface area (Å²) in [5.41, 5.74) is 7.81. The molecule has 1 unspecified atom stereocenters. The van der Waals surface area contributed by atoms with Crippen LogP contribution in [0.2, 0.25) is 0 Å². The monoisotopic (exact) mass is 234 g/mol. The fourth-order valence-electron chi connectivity index (χ4n) is 1.41. The highest BCUT2D eigenvalue weighted by molar-refractivity contribution is 7.07. The van der Waals surface area contributed by atoms with Crippen LogP contribution in [0.25, 0.3) is 0 Å². The van der Waals surface area contributed by atoms with Crippen LogP contribution in [0, 0.1) is 6.92 Å². The molecule has 2 aromatic rings. The van der Waals surface area contributed by atoms with Crippen molar-refractivity contribution in [2.24, 2.45) is 0 Å². The van der Waals surface area contributed by atoms with E-state index in [4.69, 9.17) is 5.73 Å². The van der Waals surface area contributed by atoms with E-state index in [2.05, 4.69) is 39.0 Å². The Labute approximate surface area is 98.6 Å². The summed E-state index contributed by atoms with van der Waals surface area (Å²) in [5.74, 6) is 1.09. The van der Waals surface area contributed by atoms with Crippen LogP contribution in [-0.4, -0.2) is 9.97 Å². The third-order valence-corrected chi connectivity index (χ3v) is 3.09. The number of aromatic nitrogens is 2. The summed E-state index contributed by atoms with van der Waals surface area (Å²) in [6.45, 7) is 4.06. The molecule has 3 N–H and O–H groups in total. The smallest absolute Gasteiger partial charge is 0.221 e. The molecule has 0 aliphatic heterocycles. The normalized spacial score (nSPS) is 12.4. The number of nitrogens with two attached hydrogens (primary N) is 1. The number of hydrogen-bond donors (Lipinski definition) is 2. The zero-order valence-electron chi connectivity index (χ0n) is 9.27. The van der Waals surface area contributed by atoms with Crippen molar-refractivity contribution < 1.29 is 0 Å². The minimum Gasteiger partial charge on any atom is -0.368 e. The van der Waals surface area contributed by atoms with Crippen LogP contribution < -0.4 is 11.1 Å². The first-order chi connectivity index (χ1) is 7.66. The Morgan fingerprint density at radius 1 is 1.50 bits per heavy atom. The van der Waals surface area contributed by atoms with Gasteiger partial charge in [-0.1, -0.05) is 0 Å². The molecule has 5 heteroatoms. The lowest BCUT2D eigenvalue weighted by Crippen LogP contribution is -2.10. The average molecular weight is 234 g/mol. The first-order valence-electron chi connectivity index (χ1n) is 5.04.